The normalized spacial score (nSPS) is 26.0. The SMILES string of the molecule is COC(=O)[C@@]1(Cc2ccccc2)[C@H]2C(=O)N(C)C(=O)[C@H]2[C@H]2CN(C)C(=NCc3ccccc3)N21.O=C(O)C(F)(F)F. The van der Waals surface area contributed by atoms with Gasteiger partial charge < -0.3 is 19.6 Å². The first kappa shape index (κ1) is 29.6. The number of imide groups is 1. The zero-order chi connectivity index (χ0) is 30.1. The van der Waals surface area contributed by atoms with Crippen molar-refractivity contribution in [3.63, 3.8) is 0 Å². The highest BCUT2D eigenvalue weighted by molar-refractivity contribution is 6.11. The molecule has 3 saturated heterocycles. The number of benzene rings is 2. The van der Waals surface area contributed by atoms with Crippen LogP contribution in [0.4, 0.5) is 13.2 Å². The number of rotatable bonds is 5. The summed E-state index contributed by atoms with van der Waals surface area (Å²) < 4.78 is 37.1. The number of aliphatic carboxylic acids is 1. The smallest absolute Gasteiger partial charge is 0.475 e. The van der Waals surface area contributed by atoms with Crippen LogP contribution in [0.1, 0.15) is 11.1 Å². The van der Waals surface area contributed by atoms with Gasteiger partial charge in [0, 0.05) is 27.1 Å². The number of aliphatic imine (C=N–C) groups is 1. The van der Waals surface area contributed by atoms with Crippen LogP contribution in [0.3, 0.4) is 0 Å². The van der Waals surface area contributed by atoms with Gasteiger partial charge in [-0.3, -0.25) is 14.5 Å². The van der Waals surface area contributed by atoms with Gasteiger partial charge in [0.1, 0.15) is 0 Å². The second-order valence-corrected chi connectivity index (χ2v) is 10.0. The van der Waals surface area contributed by atoms with Gasteiger partial charge in [-0.05, 0) is 11.1 Å². The Hall–Kier alpha value is -4.42. The minimum absolute atomic E-state index is 0.239. The van der Waals surface area contributed by atoms with Crippen LogP contribution < -0.4 is 0 Å². The monoisotopic (exact) mass is 574 g/mol. The summed E-state index contributed by atoms with van der Waals surface area (Å²) in [6, 6.07) is 19.1. The van der Waals surface area contributed by atoms with Crippen LogP contribution in [0.5, 0.6) is 0 Å². The van der Waals surface area contributed by atoms with E-state index in [9.17, 15) is 27.6 Å². The molecule has 3 aliphatic rings. The summed E-state index contributed by atoms with van der Waals surface area (Å²) in [5.41, 5.74) is 0.548. The summed E-state index contributed by atoms with van der Waals surface area (Å²) >= 11 is 0. The summed E-state index contributed by atoms with van der Waals surface area (Å²) in [4.78, 5) is 59.2. The van der Waals surface area contributed by atoms with Gasteiger partial charge in [0.2, 0.25) is 11.8 Å². The average molecular weight is 575 g/mol. The minimum atomic E-state index is -5.08. The molecule has 41 heavy (non-hydrogen) atoms. The van der Waals surface area contributed by atoms with E-state index < -0.39 is 35.5 Å². The van der Waals surface area contributed by atoms with E-state index in [0.717, 1.165) is 11.1 Å². The highest BCUT2D eigenvalue weighted by atomic mass is 19.4. The first-order chi connectivity index (χ1) is 19.3. The van der Waals surface area contributed by atoms with Gasteiger partial charge in [-0.15, -0.1) is 0 Å². The maximum Gasteiger partial charge on any atom is 0.490 e. The van der Waals surface area contributed by atoms with Crippen molar-refractivity contribution in [1.29, 1.82) is 0 Å². The fourth-order valence-electron chi connectivity index (χ4n) is 5.92. The first-order valence-electron chi connectivity index (χ1n) is 12.7. The molecule has 3 aliphatic heterocycles. The van der Waals surface area contributed by atoms with Gasteiger partial charge in [-0.1, -0.05) is 60.7 Å². The van der Waals surface area contributed by atoms with Gasteiger partial charge >= 0.3 is 18.1 Å². The summed E-state index contributed by atoms with van der Waals surface area (Å²) in [7, 11) is 4.75. The number of ether oxygens (including phenoxy) is 1. The number of alkyl halides is 3. The number of guanidine groups is 1. The van der Waals surface area contributed by atoms with Crippen molar-refractivity contribution in [2.75, 3.05) is 27.7 Å². The van der Waals surface area contributed by atoms with Crippen molar-refractivity contribution in [1.82, 2.24) is 14.7 Å². The van der Waals surface area contributed by atoms with Crippen LogP contribution in [-0.2, 0) is 36.9 Å². The van der Waals surface area contributed by atoms with Crippen molar-refractivity contribution in [2.45, 2.75) is 30.7 Å². The number of carbonyl (C=O) groups excluding carboxylic acids is 3. The second kappa shape index (κ2) is 11.2. The molecule has 218 valence electrons. The largest absolute Gasteiger partial charge is 0.490 e. The fourth-order valence-corrected chi connectivity index (χ4v) is 5.92. The van der Waals surface area contributed by atoms with Crippen molar-refractivity contribution in [3.8, 4) is 0 Å². The van der Waals surface area contributed by atoms with Crippen molar-refractivity contribution in [3.05, 3.63) is 71.8 Å². The van der Waals surface area contributed by atoms with Crippen LogP contribution in [0.15, 0.2) is 65.7 Å². The number of hydrogen-bond acceptors (Lipinski definition) is 6. The average Bonchev–Trinajstić information content (AvgIpc) is 3.50. The number of hydrogen-bond donors (Lipinski definition) is 1. The van der Waals surface area contributed by atoms with E-state index in [1.54, 1.807) is 0 Å². The molecular formula is C28H29F3N4O6. The Balaban J connectivity index is 0.000000493. The lowest BCUT2D eigenvalue weighted by Gasteiger charge is -2.40. The molecule has 2 amide bonds. The van der Waals surface area contributed by atoms with E-state index in [0.29, 0.717) is 19.0 Å². The second-order valence-electron chi connectivity index (χ2n) is 10.0. The van der Waals surface area contributed by atoms with Crippen molar-refractivity contribution < 1.29 is 42.2 Å². The van der Waals surface area contributed by atoms with E-state index in [4.69, 9.17) is 19.6 Å². The maximum absolute atomic E-state index is 13.7. The van der Waals surface area contributed by atoms with E-state index >= 15 is 0 Å². The van der Waals surface area contributed by atoms with E-state index in [1.807, 2.05) is 77.5 Å². The molecule has 3 fully saturated rings. The Morgan fingerprint density at radius 3 is 2.05 bits per heavy atom. The fraction of sp³-hybridized carbons (Fsp3) is 0.393. The number of methoxy groups -OCH3 is 1. The highest BCUT2D eigenvalue weighted by Gasteiger charge is 2.74. The molecule has 0 unspecified atom stereocenters. The lowest BCUT2D eigenvalue weighted by atomic mass is 9.76. The summed E-state index contributed by atoms with van der Waals surface area (Å²) in [5, 5.41) is 7.12. The lowest BCUT2D eigenvalue weighted by molar-refractivity contribution is -0.192. The van der Waals surface area contributed by atoms with E-state index in [-0.39, 0.29) is 24.3 Å². The standard InChI is InChI=1S/C26H28N4O4.C2HF3O2/c1-28-16-19-20-21(23(32)29(2)22(20)31)26(24(33)34-3,14-17-10-6-4-7-11-17)30(19)25(28)27-15-18-12-8-5-9-13-18;3-2(4,5)1(6)7/h4-13,19-21H,14-16H2,1-3H3;(H,6,7)/t19-,20+,21-,26-;/m1./s1. The molecule has 5 rings (SSSR count). The molecule has 4 atom stereocenters. The topological polar surface area (TPSA) is 120 Å². The molecule has 0 aliphatic carbocycles. The summed E-state index contributed by atoms with van der Waals surface area (Å²) in [5.74, 6) is -4.73. The predicted octanol–water partition coefficient (Wildman–Crippen LogP) is 2.19. The Labute approximate surface area is 234 Å². The number of amides is 2. The number of carboxylic acid groups (broad SMARTS) is 1. The Kier molecular flexibility index (Phi) is 8.09. The number of likely N-dealkylation sites (tertiary alicyclic amines) is 1. The number of carbonyl (C=O) groups is 4. The van der Waals surface area contributed by atoms with Gasteiger partial charge in [0.05, 0.1) is 31.5 Å². The molecule has 13 heteroatoms. The molecule has 1 N–H and O–H groups in total. The molecule has 0 saturated carbocycles. The summed E-state index contributed by atoms with van der Waals surface area (Å²) in [6.07, 6.45) is -4.84. The Morgan fingerprint density at radius 1 is 1.00 bits per heavy atom. The number of halogens is 3. The van der Waals surface area contributed by atoms with E-state index in [2.05, 4.69) is 0 Å². The number of nitrogens with zero attached hydrogens (tertiary/aromatic N) is 4. The molecule has 2 aromatic carbocycles. The van der Waals surface area contributed by atoms with Gasteiger partial charge in [0.15, 0.2) is 11.5 Å². The zero-order valence-electron chi connectivity index (χ0n) is 22.5. The highest BCUT2D eigenvalue weighted by Crippen LogP contribution is 2.53. The first-order valence-corrected chi connectivity index (χ1v) is 12.7. The van der Waals surface area contributed by atoms with Crippen LogP contribution in [0.2, 0.25) is 0 Å². The Bertz CT molecular complexity index is 1350. The summed E-state index contributed by atoms with van der Waals surface area (Å²) in [6.45, 7) is 0.915. The molecule has 0 aromatic heterocycles. The van der Waals surface area contributed by atoms with Crippen LogP contribution in [0.25, 0.3) is 0 Å². The molecular weight excluding hydrogens is 545 g/mol. The predicted molar refractivity (Wildman–Crippen MR) is 139 cm³/mol. The molecule has 0 spiro atoms. The molecule has 0 radical (unpaired) electrons. The van der Waals surface area contributed by atoms with Crippen LogP contribution >= 0.6 is 0 Å². The number of fused-ring (bicyclic) bond motifs is 3. The number of esters is 1. The molecule has 2 aromatic rings. The van der Waals surface area contributed by atoms with Crippen molar-refractivity contribution in [2.24, 2.45) is 16.8 Å². The van der Waals surface area contributed by atoms with Gasteiger partial charge in [-0.25, -0.2) is 14.6 Å². The van der Waals surface area contributed by atoms with Crippen LogP contribution in [-0.4, -0.2) is 95.0 Å². The lowest BCUT2D eigenvalue weighted by Crippen LogP contribution is -2.61. The van der Waals surface area contributed by atoms with Crippen molar-refractivity contribution >= 4 is 29.7 Å². The quantitative estimate of drug-likeness (QED) is 0.427. The van der Waals surface area contributed by atoms with E-state index in [1.165, 1.54) is 19.1 Å². The van der Waals surface area contributed by atoms with Crippen LogP contribution in [0, 0.1) is 11.8 Å². The molecule has 10 nitrogen and oxygen atoms in total. The molecule has 3 heterocycles. The third kappa shape index (κ3) is 5.23. The Morgan fingerprint density at radius 2 is 1.54 bits per heavy atom. The zero-order valence-corrected chi connectivity index (χ0v) is 22.5. The maximum atomic E-state index is 13.7. The third-order valence-corrected chi connectivity index (χ3v) is 7.62. The number of carboxylic acids is 1. The van der Waals surface area contributed by atoms with Gasteiger partial charge in [0.25, 0.3) is 0 Å². The van der Waals surface area contributed by atoms with Gasteiger partial charge in [-0.2, -0.15) is 13.2 Å². The number of likely N-dealkylation sites (N-methyl/N-ethyl adjacent to an activating group) is 1. The minimum Gasteiger partial charge on any atom is -0.475 e. The third-order valence-electron chi connectivity index (χ3n) is 7.62. The molecule has 0 bridgehead atoms.